The summed E-state index contributed by atoms with van der Waals surface area (Å²) < 4.78 is 25.9. The Kier molecular flexibility index (Phi) is 2.26. The molecule has 1 aromatic carbocycles. The molecule has 2 nitrogen and oxygen atoms in total. The van der Waals surface area contributed by atoms with Gasteiger partial charge in [0.15, 0.2) is 0 Å². The van der Waals surface area contributed by atoms with E-state index in [2.05, 4.69) is 6.08 Å². The quantitative estimate of drug-likeness (QED) is 0.616. The predicted octanol–water partition coefficient (Wildman–Crippen LogP) is 3.72. The van der Waals surface area contributed by atoms with Gasteiger partial charge in [-0.25, -0.2) is 8.42 Å². The summed E-state index contributed by atoms with van der Waals surface area (Å²) in [7, 11) is -3.30. The van der Waals surface area contributed by atoms with Crippen molar-refractivity contribution in [3.8, 4) is 0 Å². The zero-order valence-corrected chi connectivity index (χ0v) is 12.6. The first kappa shape index (κ1) is 12.2. The molecule has 3 heteroatoms. The zero-order valence-electron chi connectivity index (χ0n) is 11.8. The van der Waals surface area contributed by atoms with E-state index in [1.54, 1.807) is 17.7 Å². The predicted molar refractivity (Wildman–Crippen MR) is 81.2 cm³/mol. The highest BCUT2D eigenvalue weighted by atomic mass is 32.2. The molecular formula is C18H18O2S. The van der Waals surface area contributed by atoms with Gasteiger partial charge in [0.1, 0.15) is 0 Å². The fourth-order valence-corrected chi connectivity index (χ4v) is 7.01. The van der Waals surface area contributed by atoms with Gasteiger partial charge in [0.25, 0.3) is 0 Å². The summed E-state index contributed by atoms with van der Waals surface area (Å²) >= 11 is 0. The summed E-state index contributed by atoms with van der Waals surface area (Å²) in [6.07, 6.45) is 7.02. The largest absolute Gasteiger partial charge is 0.219 e. The van der Waals surface area contributed by atoms with Crippen LogP contribution in [-0.4, -0.2) is 8.42 Å². The lowest BCUT2D eigenvalue weighted by Gasteiger charge is -2.24. The molecule has 0 aliphatic heterocycles. The first-order valence-corrected chi connectivity index (χ1v) is 9.40. The number of rotatable bonds is 2. The Morgan fingerprint density at radius 1 is 0.905 bits per heavy atom. The molecule has 0 amide bonds. The zero-order chi connectivity index (χ0) is 14.2. The van der Waals surface area contributed by atoms with Crippen molar-refractivity contribution in [3.05, 3.63) is 52.5 Å². The Morgan fingerprint density at radius 3 is 2.38 bits per heavy atom. The molecule has 4 aliphatic carbocycles. The highest BCUT2D eigenvalue weighted by Crippen LogP contribution is 2.64. The number of hydrogen-bond donors (Lipinski definition) is 0. The van der Waals surface area contributed by atoms with Gasteiger partial charge in [0.05, 0.1) is 9.80 Å². The molecular weight excluding hydrogens is 280 g/mol. The number of hydrogen-bond acceptors (Lipinski definition) is 2. The molecule has 0 aromatic heterocycles. The second-order valence-electron chi connectivity index (χ2n) is 6.90. The van der Waals surface area contributed by atoms with Crippen LogP contribution in [0, 0.1) is 23.7 Å². The summed E-state index contributed by atoms with van der Waals surface area (Å²) in [6.45, 7) is 0. The molecule has 0 spiro atoms. The van der Waals surface area contributed by atoms with Crippen LogP contribution in [0.1, 0.15) is 25.7 Å². The van der Waals surface area contributed by atoms with Gasteiger partial charge in [0.2, 0.25) is 9.84 Å². The van der Waals surface area contributed by atoms with E-state index in [0.29, 0.717) is 21.6 Å². The van der Waals surface area contributed by atoms with Gasteiger partial charge in [-0.1, -0.05) is 35.4 Å². The topological polar surface area (TPSA) is 34.1 Å². The van der Waals surface area contributed by atoms with Gasteiger partial charge in [-0.15, -0.1) is 0 Å². The number of sulfone groups is 1. The van der Waals surface area contributed by atoms with Crippen molar-refractivity contribution in [2.24, 2.45) is 23.7 Å². The highest BCUT2D eigenvalue weighted by Gasteiger charge is 2.53. The lowest BCUT2D eigenvalue weighted by atomic mass is 9.85. The highest BCUT2D eigenvalue weighted by molar-refractivity contribution is 7.95. The van der Waals surface area contributed by atoms with Crippen LogP contribution in [0.25, 0.3) is 0 Å². The summed E-state index contributed by atoms with van der Waals surface area (Å²) in [5.74, 6) is 2.09. The third-order valence-electron chi connectivity index (χ3n) is 5.98. The Labute approximate surface area is 125 Å². The third kappa shape index (κ3) is 1.45. The first-order chi connectivity index (χ1) is 10.2. The van der Waals surface area contributed by atoms with Gasteiger partial charge in [0, 0.05) is 11.8 Å². The molecule has 4 aliphatic rings. The van der Waals surface area contributed by atoms with E-state index in [-0.39, 0.29) is 5.92 Å². The Hall–Kier alpha value is -1.35. The van der Waals surface area contributed by atoms with E-state index in [0.717, 1.165) is 12.3 Å². The van der Waals surface area contributed by atoms with Crippen LogP contribution in [0.3, 0.4) is 0 Å². The molecule has 5 rings (SSSR count). The normalized spacial score (nSPS) is 36.3. The van der Waals surface area contributed by atoms with Gasteiger partial charge < -0.3 is 0 Å². The minimum atomic E-state index is -3.30. The molecule has 4 atom stereocenters. The van der Waals surface area contributed by atoms with Crippen LogP contribution >= 0.6 is 0 Å². The van der Waals surface area contributed by atoms with Gasteiger partial charge in [-0.3, -0.25) is 0 Å². The lowest BCUT2D eigenvalue weighted by Crippen LogP contribution is -2.17. The van der Waals surface area contributed by atoms with Crippen molar-refractivity contribution >= 4 is 9.84 Å². The molecule has 0 N–H and O–H groups in total. The van der Waals surface area contributed by atoms with E-state index < -0.39 is 9.84 Å². The van der Waals surface area contributed by atoms with Crippen LogP contribution in [0.15, 0.2) is 57.4 Å². The number of fused-ring (bicyclic) bond motifs is 8. The molecule has 21 heavy (non-hydrogen) atoms. The van der Waals surface area contributed by atoms with E-state index in [4.69, 9.17) is 0 Å². The van der Waals surface area contributed by atoms with Crippen LogP contribution < -0.4 is 0 Å². The average molecular weight is 298 g/mol. The monoisotopic (exact) mass is 298 g/mol. The second-order valence-corrected chi connectivity index (χ2v) is 8.85. The maximum absolute atomic E-state index is 12.9. The fourth-order valence-electron chi connectivity index (χ4n) is 5.28. The molecule has 4 unspecified atom stereocenters. The van der Waals surface area contributed by atoms with Crippen LogP contribution in [0.5, 0.6) is 0 Å². The van der Waals surface area contributed by atoms with E-state index in [9.17, 15) is 8.42 Å². The summed E-state index contributed by atoms with van der Waals surface area (Å²) in [6, 6.07) is 8.92. The second kappa shape index (κ2) is 3.89. The summed E-state index contributed by atoms with van der Waals surface area (Å²) in [5.41, 5.74) is 3.18. The molecule has 0 heterocycles. The fraction of sp³-hybridized carbons (Fsp3) is 0.444. The molecule has 0 radical (unpaired) electrons. The smallest absolute Gasteiger partial charge is 0.203 e. The molecule has 1 fully saturated rings. The van der Waals surface area contributed by atoms with Crippen molar-refractivity contribution < 1.29 is 8.42 Å². The van der Waals surface area contributed by atoms with Crippen LogP contribution in [0.2, 0.25) is 0 Å². The maximum atomic E-state index is 12.9. The SMILES string of the molecule is O=S(=O)(C1=CC2CC1C1=C2C2CCC1C2)c1ccccc1. The van der Waals surface area contributed by atoms with Gasteiger partial charge in [-0.2, -0.15) is 0 Å². The van der Waals surface area contributed by atoms with E-state index in [1.165, 1.54) is 24.8 Å². The van der Waals surface area contributed by atoms with Crippen molar-refractivity contribution in [3.63, 3.8) is 0 Å². The maximum Gasteiger partial charge on any atom is 0.203 e. The van der Waals surface area contributed by atoms with E-state index >= 15 is 0 Å². The molecule has 1 saturated carbocycles. The number of allylic oxidation sites excluding steroid dienone is 4. The van der Waals surface area contributed by atoms with Gasteiger partial charge in [-0.05, 0) is 49.7 Å². The third-order valence-corrected chi connectivity index (χ3v) is 7.92. The van der Waals surface area contributed by atoms with E-state index in [1.807, 2.05) is 18.2 Å². The molecule has 1 aromatic rings. The van der Waals surface area contributed by atoms with Crippen LogP contribution in [0.4, 0.5) is 0 Å². The van der Waals surface area contributed by atoms with Crippen LogP contribution in [-0.2, 0) is 9.84 Å². The Balaban J connectivity index is 1.58. The average Bonchev–Trinajstić information content (AvgIpc) is 3.26. The minimum absolute atomic E-state index is 0.200. The minimum Gasteiger partial charge on any atom is -0.219 e. The van der Waals surface area contributed by atoms with Gasteiger partial charge >= 0.3 is 0 Å². The molecule has 4 bridgehead atoms. The van der Waals surface area contributed by atoms with Crippen molar-refractivity contribution in [1.82, 2.24) is 0 Å². The Bertz CT molecular complexity index is 786. The molecule has 0 saturated heterocycles. The number of benzene rings is 1. The standard InChI is InChI=1S/C18H18O2S/c19-21(20,14-4-2-1-3-5-14)16-10-13-9-15(16)18-12-7-6-11(8-12)17(13)18/h1-5,10-13,15H,6-9H2. The molecule has 108 valence electrons. The van der Waals surface area contributed by atoms with Crippen molar-refractivity contribution in [2.75, 3.05) is 0 Å². The van der Waals surface area contributed by atoms with Crippen molar-refractivity contribution in [2.45, 2.75) is 30.6 Å². The summed E-state index contributed by atoms with van der Waals surface area (Å²) in [4.78, 5) is 1.15. The van der Waals surface area contributed by atoms with Crippen molar-refractivity contribution in [1.29, 1.82) is 0 Å². The summed E-state index contributed by atoms with van der Waals surface area (Å²) in [5, 5.41) is 0. The lowest BCUT2D eigenvalue weighted by molar-refractivity contribution is 0.548. The Morgan fingerprint density at radius 2 is 1.62 bits per heavy atom. The first-order valence-electron chi connectivity index (χ1n) is 7.92.